The predicted octanol–water partition coefficient (Wildman–Crippen LogP) is 2.38. The van der Waals surface area contributed by atoms with E-state index in [0.717, 1.165) is 0 Å². The zero-order valence-electron chi connectivity index (χ0n) is 45.0. The highest BCUT2D eigenvalue weighted by molar-refractivity contribution is 5.73. The second kappa shape index (κ2) is 34.6. The molecule has 0 aromatic heterocycles. The summed E-state index contributed by atoms with van der Waals surface area (Å²) in [7, 11) is 0. The van der Waals surface area contributed by atoms with Gasteiger partial charge in [0.05, 0.1) is 79.9 Å². The van der Waals surface area contributed by atoms with Crippen molar-refractivity contribution in [3.63, 3.8) is 0 Å². The van der Waals surface area contributed by atoms with Crippen molar-refractivity contribution < 1.29 is 93.6 Å². The summed E-state index contributed by atoms with van der Waals surface area (Å²) in [6.07, 6.45) is 5.67. The summed E-state index contributed by atoms with van der Waals surface area (Å²) in [6, 6.07) is -3.53. The standard InChI is InChI=1S/C56H85N3O19/c1-7-25-73-46(65)27-38-32-56(72)33-41(62)29-44(64)43(63)24-23-39(60)28-40(61)30-47(66)75-36(5)35(4)50(67)34(3)21-19-17-15-13-11-9-10-12-14-16-18-20-22-42(31-45(78-56)48(38)58-54(57)70)77-53-52(69)49(51(68)37(6)76-53)59-55(71)74-26-8-2/h7-22,34-45,48-53,60-64,67-69,72H,1-2,23-33H2,3-6H3,(H,59,71)(H3,57,58,70)/b10-9+,13-11+,14-12+,17-15+,18-16+,21-19+,22-20+/t34-,35-,36-,37+,38-,39+,40+,41-,42-,43+,44+,45-,48+,49-,50+,51+,52-,53-,56-/m0/s1. The van der Waals surface area contributed by atoms with Crippen molar-refractivity contribution >= 4 is 24.1 Å². The molecule has 0 aromatic rings. The Hall–Kier alpha value is -5.34. The first kappa shape index (κ1) is 66.9. The number of amides is 3. The topological polar surface area (TPSA) is 356 Å². The normalized spacial score (nSPS) is 39.5. The van der Waals surface area contributed by atoms with Crippen LogP contribution in [-0.2, 0) is 38.0 Å². The number of hydrogen-bond acceptors (Lipinski definition) is 19. The first-order valence-electron chi connectivity index (χ1n) is 26.4. The number of aliphatic hydroxyl groups is 9. The van der Waals surface area contributed by atoms with Crippen LogP contribution in [0.15, 0.2) is 110 Å². The fourth-order valence-corrected chi connectivity index (χ4v) is 9.23. The van der Waals surface area contributed by atoms with Crippen LogP contribution in [0.3, 0.4) is 0 Å². The van der Waals surface area contributed by atoms with Crippen molar-refractivity contribution in [3.8, 4) is 0 Å². The summed E-state index contributed by atoms with van der Waals surface area (Å²) in [4.78, 5) is 51.1. The van der Waals surface area contributed by atoms with Crippen LogP contribution in [0.25, 0.3) is 0 Å². The van der Waals surface area contributed by atoms with Gasteiger partial charge in [-0.3, -0.25) is 9.59 Å². The van der Waals surface area contributed by atoms with Crippen LogP contribution >= 0.6 is 0 Å². The van der Waals surface area contributed by atoms with Crippen molar-refractivity contribution in [3.05, 3.63) is 110 Å². The lowest BCUT2D eigenvalue weighted by molar-refractivity contribution is -0.299. The van der Waals surface area contributed by atoms with Gasteiger partial charge in [0.2, 0.25) is 0 Å². The molecule has 2 fully saturated rings. The molecule has 2 saturated heterocycles. The molecule has 2 bridgehead atoms. The molecule has 3 aliphatic heterocycles. The van der Waals surface area contributed by atoms with E-state index in [0.29, 0.717) is 0 Å². The molecule has 78 heavy (non-hydrogen) atoms. The SMILES string of the molecule is C=CCOC(=O)C[C@H]1C[C@@]2(O)C[C@@H](O)C[C@@H](O)[C@H](O)CC[C@@H](O)C[C@@H](O)CC(=O)O[C@@H](C)[C@H](C)[C@H](O)[C@@H](C)/C=C/C=C/C=C/C=C/C=C/C=C/C=C/[C@H](O[C@@H]3O[C@H](C)[C@@H](O)[C@H](NC(=O)OCC=C)[C@@H]3O)C[C@H](O2)[C@@H]1NC(N)=O. The molecule has 0 spiro atoms. The lowest BCUT2D eigenvalue weighted by Crippen LogP contribution is -2.64. The van der Waals surface area contributed by atoms with E-state index in [1.54, 1.807) is 86.8 Å². The maximum atomic E-state index is 13.2. The van der Waals surface area contributed by atoms with Gasteiger partial charge in [0, 0.05) is 37.5 Å². The number of alkyl carbamates (subject to hydrolysis) is 1. The van der Waals surface area contributed by atoms with Crippen LogP contribution in [0.5, 0.6) is 0 Å². The highest BCUT2D eigenvalue weighted by Gasteiger charge is 2.50. The first-order chi connectivity index (χ1) is 37.0. The Balaban J connectivity index is 2.04. The van der Waals surface area contributed by atoms with E-state index >= 15 is 0 Å². The molecule has 0 aromatic carbocycles. The van der Waals surface area contributed by atoms with Crippen LogP contribution in [0.2, 0.25) is 0 Å². The van der Waals surface area contributed by atoms with Crippen LogP contribution < -0.4 is 16.4 Å². The summed E-state index contributed by atoms with van der Waals surface area (Å²) in [6.45, 7) is 13.4. The van der Waals surface area contributed by atoms with E-state index < -0.39 is 165 Å². The number of esters is 2. The average Bonchev–Trinajstić information content (AvgIpc) is 3.36. The largest absolute Gasteiger partial charge is 0.462 e. The summed E-state index contributed by atoms with van der Waals surface area (Å²) in [5.74, 6) is -5.58. The Kier molecular flexibility index (Phi) is 29.7. The number of nitrogens with one attached hydrogen (secondary N) is 2. The van der Waals surface area contributed by atoms with Crippen molar-refractivity contribution in [2.75, 3.05) is 13.2 Å². The maximum absolute atomic E-state index is 13.2. The molecule has 3 rings (SSSR count). The van der Waals surface area contributed by atoms with Crippen molar-refractivity contribution in [2.24, 2.45) is 23.5 Å². The number of carbonyl (C=O) groups is 4. The minimum Gasteiger partial charge on any atom is -0.462 e. The monoisotopic (exact) mass is 1100 g/mol. The lowest BCUT2D eigenvalue weighted by Gasteiger charge is -2.48. The smallest absolute Gasteiger partial charge is 0.407 e. The zero-order chi connectivity index (χ0) is 58.0. The Morgan fingerprint density at radius 2 is 1.28 bits per heavy atom. The van der Waals surface area contributed by atoms with E-state index in [9.17, 15) is 65.1 Å². The molecule has 3 aliphatic rings. The Bertz CT molecular complexity index is 2100. The number of nitrogens with two attached hydrogens (primary N) is 1. The lowest BCUT2D eigenvalue weighted by atomic mass is 9.79. The van der Waals surface area contributed by atoms with Gasteiger partial charge in [0.25, 0.3) is 0 Å². The number of allylic oxidation sites excluding steroid dienone is 12. The first-order valence-corrected chi connectivity index (χ1v) is 26.4. The molecule has 0 unspecified atom stereocenters. The highest BCUT2D eigenvalue weighted by atomic mass is 16.7. The minimum atomic E-state index is -2.31. The fraction of sp³-hybridized carbons (Fsp3) is 0.607. The Morgan fingerprint density at radius 1 is 0.692 bits per heavy atom. The molecule has 22 nitrogen and oxygen atoms in total. The summed E-state index contributed by atoms with van der Waals surface area (Å²) in [5, 5.41) is 105. The molecule has 438 valence electrons. The molecule has 22 heteroatoms. The van der Waals surface area contributed by atoms with Gasteiger partial charge < -0.3 is 90.7 Å². The number of rotatable bonds is 10. The summed E-state index contributed by atoms with van der Waals surface area (Å²) in [5.41, 5.74) is 5.67. The number of urea groups is 1. The van der Waals surface area contributed by atoms with Gasteiger partial charge in [-0.25, -0.2) is 9.59 Å². The molecular weight excluding hydrogens is 1020 g/mol. The van der Waals surface area contributed by atoms with Gasteiger partial charge >= 0.3 is 24.1 Å². The number of primary amides is 1. The second-order valence-electron chi connectivity index (χ2n) is 20.1. The van der Waals surface area contributed by atoms with Gasteiger partial charge in [-0.2, -0.15) is 0 Å². The molecule has 3 heterocycles. The third kappa shape index (κ3) is 23.9. The fourth-order valence-electron chi connectivity index (χ4n) is 9.23. The van der Waals surface area contributed by atoms with Crippen LogP contribution in [0.1, 0.15) is 85.5 Å². The predicted molar refractivity (Wildman–Crippen MR) is 286 cm³/mol. The number of carbonyl (C=O) groups excluding carboxylic acids is 4. The van der Waals surface area contributed by atoms with E-state index in [1.165, 1.54) is 25.2 Å². The molecule has 0 saturated carbocycles. The molecular formula is C56H85N3O19. The van der Waals surface area contributed by atoms with Crippen LogP contribution in [0.4, 0.5) is 9.59 Å². The van der Waals surface area contributed by atoms with Crippen LogP contribution in [0, 0.1) is 17.8 Å². The molecule has 13 N–H and O–H groups in total. The summed E-state index contributed by atoms with van der Waals surface area (Å²) < 4.78 is 34.3. The quantitative estimate of drug-likeness (QED) is 0.0849. The average molecular weight is 1100 g/mol. The van der Waals surface area contributed by atoms with Crippen molar-refractivity contribution in [1.29, 1.82) is 0 Å². The third-order valence-corrected chi connectivity index (χ3v) is 13.5. The van der Waals surface area contributed by atoms with Gasteiger partial charge in [0.1, 0.15) is 31.5 Å². The number of aliphatic hydroxyl groups excluding tert-OH is 8. The molecule has 19 atom stereocenters. The van der Waals surface area contributed by atoms with Gasteiger partial charge in [-0.15, -0.1) is 0 Å². The Labute approximate surface area is 457 Å². The van der Waals surface area contributed by atoms with Gasteiger partial charge in [0.15, 0.2) is 12.1 Å². The van der Waals surface area contributed by atoms with E-state index in [-0.39, 0.29) is 44.8 Å². The second-order valence-corrected chi connectivity index (χ2v) is 20.1. The number of hydrogen-bond donors (Lipinski definition) is 12. The van der Waals surface area contributed by atoms with E-state index in [2.05, 4.69) is 23.8 Å². The zero-order valence-corrected chi connectivity index (χ0v) is 45.0. The van der Waals surface area contributed by atoms with E-state index in [1.807, 2.05) is 13.0 Å². The number of fused-ring (bicyclic) bond motifs is 2. The minimum absolute atomic E-state index is 0.132. The van der Waals surface area contributed by atoms with Crippen LogP contribution in [-0.4, -0.2) is 181 Å². The molecule has 0 aliphatic carbocycles. The third-order valence-electron chi connectivity index (χ3n) is 13.5. The molecule has 3 amide bonds. The summed E-state index contributed by atoms with van der Waals surface area (Å²) >= 11 is 0. The van der Waals surface area contributed by atoms with Crippen molar-refractivity contribution in [2.45, 2.75) is 183 Å². The maximum Gasteiger partial charge on any atom is 0.407 e. The highest BCUT2D eigenvalue weighted by Crippen LogP contribution is 2.40. The Morgan fingerprint density at radius 3 is 1.88 bits per heavy atom. The van der Waals surface area contributed by atoms with Gasteiger partial charge in [-0.05, 0) is 39.0 Å². The van der Waals surface area contributed by atoms with Gasteiger partial charge in [-0.1, -0.05) is 124 Å². The van der Waals surface area contributed by atoms with Crippen molar-refractivity contribution in [1.82, 2.24) is 10.6 Å². The number of ether oxygens (including phenoxy) is 6. The molecule has 0 radical (unpaired) electrons. The van der Waals surface area contributed by atoms with E-state index in [4.69, 9.17) is 34.2 Å². The number of cyclic esters (lactones) is 1.